The first-order chi connectivity index (χ1) is 13.6. The molecular formula is C20H16N4O4. The van der Waals surface area contributed by atoms with E-state index in [-0.39, 0.29) is 18.2 Å². The maximum atomic E-state index is 12.0. The van der Waals surface area contributed by atoms with Gasteiger partial charge < -0.3 is 4.74 Å². The van der Waals surface area contributed by atoms with Gasteiger partial charge in [0.15, 0.2) is 0 Å². The molecule has 0 aliphatic heterocycles. The fraction of sp³-hybridized carbons (Fsp3) is 0.0500. The minimum Gasteiger partial charge on any atom is -0.488 e. The number of ether oxygens (including phenoxy) is 1. The number of hydrazone groups is 1. The summed E-state index contributed by atoms with van der Waals surface area (Å²) < 4.78 is 5.78. The van der Waals surface area contributed by atoms with Crippen molar-refractivity contribution >= 4 is 17.8 Å². The number of rotatable bonds is 7. The predicted molar refractivity (Wildman–Crippen MR) is 103 cm³/mol. The molecule has 8 heteroatoms. The zero-order valence-corrected chi connectivity index (χ0v) is 14.7. The van der Waals surface area contributed by atoms with Gasteiger partial charge in [-0.3, -0.25) is 19.9 Å². The van der Waals surface area contributed by atoms with Crippen molar-refractivity contribution < 1.29 is 14.5 Å². The highest BCUT2D eigenvalue weighted by atomic mass is 16.6. The normalized spacial score (nSPS) is 10.6. The Morgan fingerprint density at radius 2 is 1.93 bits per heavy atom. The largest absolute Gasteiger partial charge is 0.488 e. The number of nitrogens with one attached hydrogen (secondary N) is 1. The van der Waals surface area contributed by atoms with Crippen molar-refractivity contribution in [2.24, 2.45) is 5.10 Å². The summed E-state index contributed by atoms with van der Waals surface area (Å²) in [5.74, 6) is 0.203. The van der Waals surface area contributed by atoms with E-state index >= 15 is 0 Å². The summed E-state index contributed by atoms with van der Waals surface area (Å²) in [7, 11) is 0. The van der Waals surface area contributed by atoms with Crippen LogP contribution in [-0.2, 0) is 6.61 Å². The molecule has 140 valence electrons. The molecule has 1 N–H and O–H groups in total. The SMILES string of the molecule is O=C(N/N=C/c1ccccc1OCc1ccc([N+](=O)[O-])cc1)c1cccnc1. The average molecular weight is 376 g/mol. The first kappa shape index (κ1) is 18.7. The molecule has 0 saturated carbocycles. The van der Waals surface area contributed by atoms with Gasteiger partial charge in [-0.25, -0.2) is 5.43 Å². The van der Waals surface area contributed by atoms with Crippen molar-refractivity contribution in [3.8, 4) is 5.75 Å². The smallest absolute Gasteiger partial charge is 0.272 e. The summed E-state index contributed by atoms with van der Waals surface area (Å²) in [6, 6.07) is 16.7. The van der Waals surface area contributed by atoms with Crippen LogP contribution in [0.2, 0.25) is 0 Å². The lowest BCUT2D eigenvalue weighted by Gasteiger charge is -2.09. The van der Waals surface area contributed by atoms with E-state index in [1.807, 2.05) is 12.1 Å². The molecule has 1 amide bonds. The van der Waals surface area contributed by atoms with Crippen molar-refractivity contribution in [1.29, 1.82) is 0 Å². The van der Waals surface area contributed by atoms with Gasteiger partial charge in [0.05, 0.1) is 16.7 Å². The Balaban J connectivity index is 1.62. The van der Waals surface area contributed by atoms with Gasteiger partial charge in [-0.1, -0.05) is 12.1 Å². The number of pyridine rings is 1. The Bertz CT molecular complexity index is 989. The molecule has 3 aromatic rings. The second-order valence-corrected chi connectivity index (χ2v) is 5.69. The summed E-state index contributed by atoms with van der Waals surface area (Å²) in [5, 5.41) is 14.7. The van der Waals surface area contributed by atoms with Crippen LogP contribution in [0, 0.1) is 10.1 Å². The van der Waals surface area contributed by atoms with Gasteiger partial charge in [0.2, 0.25) is 0 Å². The third-order valence-corrected chi connectivity index (χ3v) is 3.75. The summed E-state index contributed by atoms with van der Waals surface area (Å²) in [4.78, 5) is 26.1. The molecule has 0 atom stereocenters. The lowest BCUT2D eigenvalue weighted by molar-refractivity contribution is -0.384. The Kier molecular flexibility index (Phi) is 6.04. The van der Waals surface area contributed by atoms with E-state index < -0.39 is 4.92 Å². The monoisotopic (exact) mass is 376 g/mol. The van der Waals surface area contributed by atoms with Gasteiger partial charge in [-0.2, -0.15) is 5.10 Å². The quantitative estimate of drug-likeness (QED) is 0.387. The number of carbonyl (C=O) groups excluding carboxylic acids is 1. The maximum Gasteiger partial charge on any atom is 0.272 e. The van der Waals surface area contributed by atoms with Gasteiger partial charge in [-0.15, -0.1) is 0 Å². The maximum absolute atomic E-state index is 12.0. The number of hydrogen-bond acceptors (Lipinski definition) is 6. The summed E-state index contributed by atoms with van der Waals surface area (Å²) in [6.45, 7) is 0.241. The number of hydrogen-bond donors (Lipinski definition) is 1. The molecule has 1 aromatic heterocycles. The zero-order chi connectivity index (χ0) is 19.8. The number of amides is 1. The molecule has 28 heavy (non-hydrogen) atoms. The van der Waals surface area contributed by atoms with E-state index in [1.165, 1.54) is 24.5 Å². The van der Waals surface area contributed by atoms with Crippen LogP contribution < -0.4 is 10.2 Å². The van der Waals surface area contributed by atoms with Gasteiger partial charge in [0.25, 0.3) is 11.6 Å². The molecule has 8 nitrogen and oxygen atoms in total. The molecule has 0 spiro atoms. The van der Waals surface area contributed by atoms with Crippen molar-refractivity contribution in [3.05, 3.63) is 99.9 Å². The first-order valence-corrected chi connectivity index (χ1v) is 8.32. The third kappa shape index (κ3) is 4.98. The third-order valence-electron chi connectivity index (χ3n) is 3.75. The van der Waals surface area contributed by atoms with Crippen LogP contribution in [0.15, 0.2) is 78.2 Å². The van der Waals surface area contributed by atoms with Crippen molar-refractivity contribution in [1.82, 2.24) is 10.4 Å². The number of para-hydroxylation sites is 1. The zero-order valence-electron chi connectivity index (χ0n) is 14.7. The first-order valence-electron chi connectivity index (χ1n) is 8.32. The van der Waals surface area contributed by atoms with Crippen LogP contribution >= 0.6 is 0 Å². The lowest BCUT2D eigenvalue weighted by Crippen LogP contribution is -2.17. The summed E-state index contributed by atoms with van der Waals surface area (Å²) in [5.41, 5.74) is 4.34. The second-order valence-electron chi connectivity index (χ2n) is 5.69. The van der Waals surface area contributed by atoms with E-state index in [9.17, 15) is 14.9 Å². The van der Waals surface area contributed by atoms with Crippen LogP contribution in [0.4, 0.5) is 5.69 Å². The number of nitrogens with zero attached hydrogens (tertiary/aromatic N) is 3. The molecule has 2 aromatic carbocycles. The fourth-order valence-corrected chi connectivity index (χ4v) is 2.32. The van der Waals surface area contributed by atoms with Gasteiger partial charge in [0.1, 0.15) is 12.4 Å². The molecule has 0 bridgehead atoms. The highest BCUT2D eigenvalue weighted by Gasteiger charge is 2.06. The van der Waals surface area contributed by atoms with Crippen LogP contribution in [0.3, 0.4) is 0 Å². The predicted octanol–water partition coefficient (Wildman–Crippen LogP) is 3.33. The van der Waals surface area contributed by atoms with Gasteiger partial charge in [-0.05, 0) is 42.0 Å². The van der Waals surface area contributed by atoms with Crippen molar-refractivity contribution in [3.63, 3.8) is 0 Å². The number of nitro groups is 1. The number of benzene rings is 2. The van der Waals surface area contributed by atoms with Crippen molar-refractivity contribution in [2.45, 2.75) is 6.61 Å². The Morgan fingerprint density at radius 3 is 2.64 bits per heavy atom. The van der Waals surface area contributed by atoms with Crippen LogP contribution in [0.1, 0.15) is 21.5 Å². The number of nitro benzene ring substituents is 1. The Hall–Kier alpha value is -4.07. The molecule has 0 saturated heterocycles. The number of aromatic nitrogens is 1. The van der Waals surface area contributed by atoms with Gasteiger partial charge >= 0.3 is 0 Å². The molecule has 3 rings (SSSR count). The molecule has 0 unspecified atom stereocenters. The minimum absolute atomic E-state index is 0.0284. The average Bonchev–Trinajstić information content (AvgIpc) is 2.74. The number of non-ortho nitro benzene ring substituents is 1. The fourth-order valence-electron chi connectivity index (χ4n) is 2.32. The molecule has 0 fully saturated rings. The standard InChI is InChI=1S/C20H16N4O4/c25-20(17-5-3-11-21-12-17)23-22-13-16-4-1-2-6-19(16)28-14-15-7-9-18(10-8-15)24(26)27/h1-13H,14H2,(H,23,25)/b22-13+. The van der Waals surface area contributed by atoms with Crippen LogP contribution in [-0.4, -0.2) is 22.0 Å². The van der Waals surface area contributed by atoms with Crippen LogP contribution in [0.25, 0.3) is 0 Å². The molecule has 0 aliphatic rings. The molecule has 0 aliphatic carbocycles. The summed E-state index contributed by atoms with van der Waals surface area (Å²) in [6.07, 6.45) is 4.52. The number of carbonyl (C=O) groups is 1. The van der Waals surface area contributed by atoms with E-state index in [0.29, 0.717) is 16.9 Å². The van der Waals surface area contributed by atoms with E-state index in [2.05, 4.69) is 15.5 Å². The Labute approximate surface area is 160 Å². The minimum atomic E-state index is -0.448. The lowest BCUT2D eigenvalue weighted by atomic mass is 10.2. The Morgan fingerprint density at radius 1 is 1.14 bits per heavy atom. The van der Waals surface area contributed by atoms with Crippen LogP contribution in [0.5, 0.6) is 5.75 Å². The molecule has 1 heterocycles. The highest BCUT2D eigenvalue weighted by molar-refractivity contribution is 5.94. The van der Waals surface area contributed by atoms with Crippen molar-refractivity contribution in [2.75, 3.05) is 0 Å². The molecular weight excluding hydrogens is 360 g/mol. The van der Waals surface area contributed by atoms with E-state index in [0.717, 1.165) is 5.56 Å². The molecule has 0 radical (unpaired) electrons. The topological polar surface area (TPSA) is 107 Å². The van der Waals surface area contributed by atoms with E-state index in [1.54, 1.807) is 42.6 Å². The second kappa shape index (κ2) is 9.04. The highest BCUT2D eigenvalue weighted by Crippen LogP contribution is 2.19. The van der Waals surface area contributed by atoms with Gasteiger partial charge in [0, 0.05) is 30.1 Å². The van der Waals surface area contributed by atoms with E-state index in [4.69, 9.17) is 4.74 Å². The summed E-state index contributed by atoms with van der Waals surface area (Å²) >= 11 is 0.